The summed E-state index contributed by atoms with van der Waals surface area (Å²) < 4.78 is 7.23. The molecule has 0 bridgehead atoms. The van der Waals surface area contributed by atoms with E-state index >= 15 is 0 Å². The van der Waals surface area contributed by atoms with E-state index in [-0.39, 0.29) is 18.0 Å². The fraction of sp³-hybridized carbons (Fsp3) is 0.500. The molecular weight excluding hydrogens is 436 g/mol. The van der Waals surface area contributed by atoms with Crippen molar-refractivity contribution in [2.24, 2.45) is 0 Å². The Hall–Kier alpha value is -3.08. The molecule has 5 N–H and O–H groups in total. The molecule has 0 radical (unpaired) electrons. The van der Waals surface area contributed by atoms with E-state index in [1.54, 1.807) is 0 Å². The quantitative estimate of drug-likeness (QED) is 0.350. The zero-order chi connectivity index (χ0) is 24.2. The van der Waals surface area contributed by atoms with Gasteiger partial charge in [0.2, 0.25) is 5.95 Å². The van der Waals surface area contributed by atoms with Crippen LogP contribution in [0, 0.1) is 0 Å². The lowest BCUT2D eigenvalue weighted by Gasteiger charge is -2.16. The average Bonchev–Trinajstić information content (AvgIpc) is 3.37. The van der Waals surface area contributed by atoms with E-state index in [0.29, 0.717) is 30.1 Å². The van der Waals surface area contributed by atoms with Crippen LogP contribution in [0.25, 0.3) is 11.2 Å². The Morgan fingerprint density at radius 3 is 2.47 bits per heavy atom. The standard InChI is InChI=1S/C24H32N6O4/c1-3-5-14-7-9-15(10-8-14)11-12-26-24-28-21(25)17-22(29-24)30(13-27-17)23-19(33)18(32)20(34-23)16(31)6-4-2/h7-10,13,18-20,23,32-33H,3-6,11-12H2,1-2H3,(H3,25,26,28,29)/t18?,19?,20-,23-/m1/s1. The highest BCUT2D eigenvalue weighted by Gasteiger charge is 2.47. The van der Waals surface area contributed by atoms with Crippen LogP contribution in [0.15, 0.2) is 30.6 Å². The number of aromatic nitrogens is 4. The van der Waals surface area contributed by atoms with E-state index in [4.69, 9.17) is 10.5 Å². The molecule has 0 aliphatic carbocycles. The first-order valence-corrected chi connectivity index (χ1v) is 11.8. The second-order valence-corrected chi connectivity index (χ2v) is 8.64. The van der Waals surface area contributed by atoms with E-state index in [0.717, 1.165) is 19.3 Å². The Morgan fingerprint density at radius 2 is 1.79 bits per heavy atom. The highest BCUT2D eigenvalue weighted by atomic mass is 16.6. The summed E-state index contributed by atoms with van der Waals surface area (Å²) in [5.41, 5.74) is 9.33. The molecule has 4 rings (SSSR count). The number of hydrogen-bond donors (Lipinski definition) is 4. The molecule has 34 heavy (non-hydrogen) atoms. The number of aliphatic hydroxyl groups excluding tert-OH is 2. The number of nitrogens with one attached hydrogen (secondary N) is 1. The van der Waals surface area contributed by atoms with Crippen molar-refractivity contribution in [2.45, 2.75) is 70.5 Å². The molecule has 182 valence electrons. The summed E-state index contributed by atoms with van der Waals surface area (Å²) in [6.07, 6.45) is 0.522. The number of imidazole rings is 1. The van der Waals surface area contributed by atoms with Gasteiger partial charge in [-0.15, -0.1) is 0 Å². The van der Waals surface area contributed by atoms with Crippen LogP contribution < -0.4 is 11.1 Å². The molecule has 0 amide bonds. The first-order chi connectivity index (χ1) is 16.4. The van der Waals surface area contributed by atoms with Gasteiger partial charge in [-0.1, -0.05) is 44.5 Å². The molecule has 1 aliphatic heterocycles. The number of carbonyl (C=O) groups excluding carboxylic acids is 1. The van der Waals surface area contributed by atoms with Gasteiger partial charge in [0.15, 0.2) is 23.5 Å². The van der Waals surface area contributed by atoms with Crippen molar-refractivity contribution >= 4 is 28.7 Å². The largest absolute Gasteiger partial charge is 0.387 e. The number of nitrogens with two attached hydrogens (primary N) is 1. The predicted octanol–water partition coefficient (Wildman–Crippen LogP) is 2.00. The fourth-order valence-corrected chi connectivity index (χ4v) is 4.23. The number of anilines is 2. The molecule has 3 aromatic rings. The lowest BCUT2D eigenvalue weighted by molar-refractivity contribution is -0.135. The minimum Gasteiger partial charge on any atom is -0.387 e. The maximum absolute atomic E-state index is 12.3. The van der Waals surface area contributed by atoms with Crippen LogP contribution in [-0.2, 0) is 22.4 Å². The second-order valence-electron chi connectivity index (χ2n) is 8.64. The van der Waals surface area contributed by atoms with Gasteiger partial charge in [0.25, 0.3) is 0 Å². The van der Waals surface area contributed by atoms with Gasteiger partial charge in [0, 0.05) is 13.0 Å². The van der Waals surface area contributed by atoms with Gasteiger partial charge in [0.05, 0.1) is 6.33 Å². The minimum atomic E-state index is -1.33. The molecule has 10 heteroatoms. The van der Waals surface area contributed by atoms with E-state index < -0.39 is 24.5 Å². The van der Waals surface area contributed by atoms with Crippen molar-refractivity contribution in [1.29, 1.82) is 0 Å². The number of aliphatic hydroxyl groups is 2. The Bertz CT molecular complexity index is 1130. The zero-order valence-corrected chi connectivity index (χ0v) is 19.5. The summed E-state index contributed by atoms with van der Waals surface area (Å²) in [4.78, 5) is 25.3. The number of rotatable bonds is 10. The molecule has 4 atom stereocenters. The lowest BCUT2D eigenvalue weighted by Crippen LogP contribution is -2.35. The molecule has 10 nitrogen and oxygen atoms in total. The summed E-state index contributed by atoms with van der Waals surface area (Å²) >= 11 is 0. The molecule has 1 aliphatic rings. The van der Waals surface area contributed by atoms with Crippen molar-refractivity contribution in [3.63, 3.8) is 0 Å². The third kappa shape index (κ3) is 4.89. The molecule has 1 aromatic carbocycles. The van der Waals surface area contributed by atoms with Gasteiger partial charge in [-0.2, -0.15) is 9.97 Å². The van der Waals surface area contributed by atoms with E-state index in [2.05, 4.69) is 51.5 Å². The Balaban J connectivity index is 1.49. The van der Waals surface area contributed by atoms with Crippen LogP contribution in [0.2, 0.25) is 0 Å². The van der Waals surface area contributed by atoms with Gasteiger partial charge < -0.3 is 26.0 Å². The highest BCUT2D eigenvalue weighted by molar-refractivity contribution is 5.84. The van der Waals surface area contributed by atoms with Gasteiger partial charge in [-0.05, 0) is 30.4 Å². The second kappa shape index (κ2) is 10.5. The van der Waals surface area contributed by atoms with Crippen LogP contribution in [-0.4, -0.2) is 60.4 Å². The minimum absolute atomic E-state index is 0.182. The number of fused-ring (bicyclic) bond motifs is 1. The summed E-state index contributed by atoms with van der Waals surface area (Å²) in [5.74, 6) is 0.253. The van der Waals surface area contributed by atoms with Crippen molar-refractivity contribution in [1.82, 2.24) is 19.5 Å². The van der Waals surface area contributed by atoms with E-state index in [1.165, 1.54) is 22.0 Å². The first kappa shape index (κ1) is 24.1. The monoisotopic (exact) mass is 468 g/mol. The summed E-state index contributed by atoms with van der Waals surface area (Å²) in [6, 6.07) is 8.55. The predicted molar refractivity (Wildman–Crippen MR) is 128 cm³/mol. The van der Waals surface area contributed by atoms with E-state index in [9.17, 15) is 15.0 Å². The number of nitrogens with zero attached hydrogens (tertiary/aromatic N) is 4. The van der Waals surface area contributed by atoms with Crippen LogP contribution in [0.3, 0.4) is 0 Å². The molecule has 0 saturated carbocycles. The first-order valence-electron chi connectivity index (χ1n) is 11.8. The van der Waals surface area contributed by atoms with E-state index in [1.807, 2.05) is 6.92 Å². The summed E-state index contributed by atoms with van der Waals surface area (Å²) in [5, 5.41) is 24.1. The van der Waals surface area contributed by atoms with Gasteiger partial charge in [-0.3, -0.25) is 9.36 Å². The van der Waals surface area contributed by atoms with Crippen LogP contribution in [0.4, 0.5) is 11.8 Å². The number of aryl methyl sites for hydroxylation is 1. The molecule has 3 heterocycles. The van der Waals surface area contributed by atoms with Crippen molar-refractivity contribution < 1.29 is 19.7 Å². The molecule has 0 spiro atoms. The molecule has 2 aromatic heterocycles. The molecule has 2 unspecified atom stereocenters. The Labute approximate surface area is 198 Å². The summed E-state index contributed by atoms with van der Waals surface area (Å²) in [6.45, 7) is 4.63. The number of ketones is 1. The number of benzene rings is 1. The normalized spacial score (nSPS) is 22.4. The smallest absolute Gasteiger partial charge is 0.226 e. The topological polar surface area (TPSA) is 148 Å². The Kier molecular flexibility index (Phi) is 7.40. The van der Waals surface area contributed by atoms with Gasteiger partial charge >= 0.3 is 0 Å². The Morgan fingerprint density at radius 1 is 1.09 bits per heavy atom. The SMILES string of the molecule is CCCC(=O)[C@H]1O[C@@H](n2cnc3c(N)nc(NCCc4ccc(CCC)cc4)nc32)C(O)C1O. The molecule has 1 fully saturated rings. The third-order valence-electron chi connectivity index (χ3n) is 6.03. The van der Waals surface area contributed by atoms with Crippen LogP contribution in [0.1, 0.15) is 50.5 Å². The van der Waals surface area contributed by atoms with Crippen molar-refractivity contribution in [3.05, 3.63) is 41.7 Å². The van der Waals surface area contributed by atoms with Crippen molar-refractivity contribution in [2.75, 3.05) is 17.6 Å². The van der Waals surface area contributed by atoms with Crippen molar-refractivity contribution in [3.8, 4) is 0 Å². The average molecular weight is 469 g/mol. The fourth-order valence-electron chi connectivity index (χ4n) is 4.23. The maximum Gasteiger partial charge on any atom is 0.226 e. The maximum atomic E-state index is 12.3. The van der Waals surface area contributed by atoms with Crippen LogP contribution in [0.5, 0.6) is 0 Å². The third-order valence-corrected chi connectivity index (χ3v) is 6.03. The lowest BCUT2D eigenvalue weighted by atomic mass is 10.0. The molecular formula is C24H32N6O4. The number of carbonyl (C=O) groups is 1. The zero-order valence-electron chi connectivity index (χ0n) is 19.5. The highest BCUT2D eigenvalue weighted by Crippen LogP contribution is 2.33. The summed E-state index contributed by atoms with van der Waals surface area (Å²) in [7, 11) is 0. The number of ether oxygens (including phenoxy) is 1. The van der Waals surface area contributed by atoms with Gasteiger partial charge in [-0.25, -0.2) is 4.98 Å². The van der Waals surface area contributed by atoms with Gasteiger partial charge in [0.1, 0.15) is 23.8 Å². The van der Waals surface area contributed by atoms with Crippen LogP contribution >= 0.6 is 0 Å². The number of hydrogen-bond acceptors (Lipinski definition) is 9. The molecule has 1 saturated heterocycles. The number of nitrogen functional groups attached to an aromatic ring is 1. The number of Topliss-reactive ketones (excluding diaryl/α,β-unsaturated/α-hetero) is 1.